The van der Waals surface area contributed by atoms with Crippen LogP contribution in [0.5, 0.6) is 5.75 Å². The van der Waals surface area contributed by atoms with Gasteiger partial charge in [0, 0.05) is 29.6 Å². The average Bonchev–Trinajstić information content (AvgIpc) is 2.69. The van der Waals surface area contributed by atoms with Crippen LogP contribution in [0.15, 0.2) is 47.3 Å². The average molecular weight is 393 g/mol. The van der Waals surface area contributed by atoms with Crippen molar-refractivity contribution >= 4 is 16.9 Å². The number of carbonyl (C=O) groups excluding carboxylic acids is 1. The third-order valence-corrected chi connectivity index (χ3v) is 4.94. The molecule has 0 atom stereocenters. The molecule has 6 nitrogen and oxygen atoms in total. The van der Waals surface area contributed by atoms with Crippen LogP contribution in [0.25, 0.3) is 10.9 Å². The van der Waals surface area contributed by atoms with Gasteiger partial charge in [-0.2, -0.15) is 0 Å². The molecule has 3 N–H and O–H groups in total. The molecule has 0 unspecified atom stereocenters. The number of carbonyl (C=O) groups is 1. The Balaban J connectivity index is 1.51. The first kappa shape index (κ1) is 20.5. The highest BCUT2D eigenvalue weighted by atomic mass is 16.5. The summed E-state index contributed by atoms with van der Waals surface area (Å²) in [5.74, 6) is 0.815. The molecule has 0 saturated carbocycles. The van der Waals surface area contributed by atoms with E-state index in [1.165, 1.54) is 0 Å². The van der Waals surface area contributed by atoms with E-state index >= 15 is 0 Å². The minimum Gasteiger partial charge on any atom is -0.496 e. The number of hydrogen-bond acceptors (Lipinski definition) is 3. The van der Waals surface area contributed by atoms with Gasteiger partial charge in [-0.1, -0.05) is 24.3 Å². The highest BCUT2D eigenvalue weighted by Gasteiger charge is 2.07. The van der Waals surface area contributed by atoms with Crippen LogP contribution in [-0.2, 0) is 12.8 Å². The summed E-state index contributed by atoms with van der Waals surface area (Å²) in [4.78, 5) is 27.3. The van der Waals surface area contributed by atoms with E-state index in [1.807, 2.05) is 50.2 Å². The molecule has 0 radical (unpaired) electrons. The molecule has 6 heteroatoms. The maximum Gasteiger partial charge on any atom is 0.314 e. The quantitative estimate of drug-likeness (QED) is 0.576. The molecule has 3 rings (SSSR count). The van der Waals surface area contributed by atoms with Gasteiger partial charge < -0.3 is 20.4 Å². The Morgan fingerprint density at radius 1 is 1.00 bits per heavy atom. The molecule has 0 aliphatic rings. The number of methoxy groups -OCH3 is 1. The van der Waals surface area contributed by atoms with Crippen LogP contribution in [0.3, 0.4) is 0 Å². The summed E-state index contributed by atoms with van der Waals surface area (Å²) >= 11 is 0. The number of amides is 2. The van der Waals surface area contributed by atoms with Crippen LogP contribution < -0.4 is 20.9 Å². The lowest BCUT2D eigenvalue weighted by Gasteiger charge is -2.10. The molecule has 3 aromatic rings. The highest BCUT2D eigenvalue weighted by molar-refractivity contribution is 5.83. The van der Waals surface area contributed by atoms with E-state index in [1.54, 1.807) is 7.11 Å². The Morgan fingerprint density at radius 2 is 1.69 bits per heavy atom. The zero-order chi connectivity index (χ0) is 20.8. The predicted molar refractivity (Wildman–Crippen MR) is 116 cm³/mol. The zero-order valence-electron chi connectivity index (χ0n) is 17.1. The molecular weight excluding hydrogens is 366 g/mol. The summed E-state index contributed by atoms with van der Waals surface area (Å²) in [5.41, 5.74) is 4.69. The number of rotatable bonds is 7. The van der Waals surface area contributed by atoms with Gasteiger partial charge in [0.05, 0.1) is 7.11 Å². The van der Waals surface area contributed by atoms with Gasteiger partial charge in [-0.25, -0.2) is 4.79 Å². The summed E-state index contributed by atoms with van der Waals surface area (Å²) in [5, 5.41) is 6.68. The number of para-hydroxylation sites is 1. The topological polar surface area (TPSA) is 83.2 Å². The lowest BCUT2D eigenvalue weighted by molar-refractivity contribution is 0.241. The van der Waals surface area contributed by atoms with Crippen LogP contribution in [0.1, 0.15) is 22.3 Å². The van der Waals surface area contributed by atoms with Gasteiger partial charge in [0.2, 0.25) is 0 Å². The van der Waals surface area contributed by atoms with Crippen molar-refractivity contribution in [2.24, 2.45) is 0 Å². The standard InChI is InChI=1S/C23H27N3O3/c1-15-12-16(2)19-14-18(22(27)26-20(19)13-15)9-11-25-23(28)24-10-8-17-6-4-5-7-21(17)29-3/h4-7,12-14H,8-11H2,1-3H3,(H,26,27)(H2,24,25,28). The largest absolute Gasteiger partial charge is 0.496 e. The van der Waals surface area contributed by atoms with Gasteiger partial charge in [0.25, 0.3) is 5.56 Å². The van der Waals surface area contributed by atoms with Crippen molar-refractivity contribution in [1.29, 1.82) is 0 Å². The maximum absolute atomic E-state index is 12.3. The Labute approximate surface area is 170 Å². The van der Waals surface area contributed by atoms with Crippen molar-refractivity contribution < 1.29 is 9.53 Å². The highest BCUT2D eigenvalue weighted by Crippen LogP contribution is 2.19. The molecule has 2 amide bonds. The minimum atomic E-state index is -0.246. The number of urea groups is 1. The van der Waals surface area contributed by atoms with Crippen LogP contribution in [0, 0.1) is 13.8 Å². The Kier molecular flexibility index (Phi) is 6.54. The molecular formula is C23H27N3O3. The van der Waals surface area contributed by atoms with E-state index in [0.29, 0.717) is 31.5 Å². The van der Waals surface area contributed by atoms with Crippen LogP contribution >= 0.6 is 0 Å². The van der Waals surface area contributed by atoms with Crippen molar-refractivity contribution in [1.82, 2.24) is 15.6 Å². The number of hydrogen-bond donors (Lipinski definition) is 3. The summed E-state index contributed by atoms with van der Waals surface area (Å²) in [6.45, 7) is 4.93. The van der Waals surface area contributed by atoms with Crippen LogP contribution in [0.2, 0.25) is 0 Å². The maximum atomic E-state index is 12.3. The lowest BCUT2D eigenvalue weighted by atomic mass is 10.0. The molecule has 0 saturated heterocycles. The second kappa shape index (κ2) is 9.28. The lowest BCUT2D eigenvalue weighted by Crippen LogP contribution is -2.38. The first-order valence-corrected chi connectivity index (χ1v) is 9.74. The van der Waals surface area contributed by atoms with Gasteiger partial charge >= 0.3 is 6.03 Å². The molecule has 1 heterocycles. The summed E-state index contributed by atoms with van der Waals surface area (Å²) in [6, 6.07) is 13.5. The molecule has 29 heavy (non-hydrogen) atoms. The zero-order valence-corrected chi connectivity index (χ0v) is 17.1. The van der Waals surface area contributed by atoms with Crippen molar-refractivity contribution in [2.45, 2.75) is 26.7 Å². The second-order valence-corrected chi connectivity index (χ2v) is 7.16. The first-order valence-electron chi connectivity index (χ1n) is 9.74. The minimum absolute atomic E-state index is 0.110. The molecule has 0 aliphatic heterocycles. The number of aryl methyl sites for hydroxylation is 2. The fourth-order valence-corrected chi connectivity index (χ4v) is 3.50. The van der Waals surface area contributed by atoms with E-state index in [9.17, 15) is 9.59 Å². The van der Waals surface area contributed by atoms with Gasteiger partial charge in [-0.15, -0.1) is 0 Å². The number of ether oxygens (including phenoxy) is 1. The third kappa shape index (κ3) is 5.16. The van der Waals surface area contributed by atoms with E-state index in [-0.39, 0.29) is 11.6 Å². The Bertz CT molecular complexity index is 1070. The number of aromatic nitrogens is 1. The molecule has 0 bridgehead atoms. The number of aromatic amines is 1. The van der Waals surface area contributed by atoms with Crippen molar-refractivity contribution in [3.8, 4) is 5.75 Å². The molecule has 2 aromatic carbocycles. The Morgan fingerprint density at radius 3 is 2.41 bits per heavy atom. The third-order valence-electron chi connectivity index (χ3n) is 4.94. The predicted octanol–water partition coefficient (Wildman–Crippen LogP) is 3.24. The number of benzene rings is 2. The number of pyridine rings is 1. The fraction of sp³-hybridized carbons (Fsp3) is 0.304. The van der Waals surface area contributed by atoms with Crippen molar-refractivity contribution in [3.63, 3.8) is 0 Å². The van der Waals surface area contributed by atoms with E-state index < -0.39 is 0 Å². The monoisotopic (exact) mass is 393 g/mol. The molecule has 152 valence electrons. The summed E-state index contributed by atoms with van der Waals surface area (Å²) in [7, 11) is 1.64. The summed E-state index contributed by atoms with van der Waals surface area (Å²) in [6.07, 6.45) is 1.15. The van der Waals surface area contributed by atoms with Gasteiger partial charge in [-0.05, 0) is 61.6 Å². The Hall–Kier alpha value is -3.28. The smallest absolute Gasteiger partial charge is 0.314 e. The number of H-pyrrole nitrogens is 1. The number of nitrogens with one attached hydrogen (secondary N) is 3. The fourth-order valence-electron chi connectivity index (χ4n) is 3.50. The second-order valence-electron chi connectivity index (χ2n) is 7.16. The van der Waals surface area contributed by atoms with Crippen LogP contribution in [0.4, 0.5) is 4.79 Å². The van der Waals surface area contributed by atoms with E-state index in [2.05, 4.69) is 21.7 Å². The molecule has 0 aliphatic carbocycles. The molecule has 0 fully saturated rings. The molecule has 1 aromatic heterocycles. The van der Waals surface area contributed by atoms with E-state index in [4.69, 9.17) is 4.74 Å². The SMILES string of the molecule is COc1ccccc1CCNC(=O)NCCc1cc2c(C)cc(C)cc2[nH]c1=O. The van der Waals surface area contributed by atoms with Crippen molar-refractivity contribution in [3.05, 3.63) is 75.1 Å². The van der Waals surface area contributed by atoms with Crippen molar-refractivity contribution in [2.75, 3.05) is 20.2 Å². The van der Waals surface area contributed by atoms with Gasteiger partial charge in [-0.3, -0.25) is 4.79 Å². The number of fused-ring (bicyclic) bond motifs is 1. The normalized spacial score (nSPS) is 10.7. The molecule has 0 spiro atoms. The first-order chi connectivity index (χ1) is 14.0. The van der Waals surface area contributed by atoms with E-state index in [0.717, 1.165) is 33.3 Å². The van der Waals surface area contributed by atoms with Gasteiger partial charge in [0.15, 0.2) is 0 Å². The van der Waals surface area contributed by atoms with Crippen LogP contribution in [-0.4, -0.2) is 31.2 Å². The van der Waals surface area contributed by atoms with Gasteiger partial charge in [0.1, 0.15) is 5.75 Å². The summed E-state index contributed by atoms with van der Waals surface area (Å²) < 4.78 is 5.31.